The summed E-state index contributed by atoms with van der Waals surface area (Å²) in [4.78, 5) is 11.4. The van der Waals surface area contributed by atoms with Crippen molar-refractivity contribution in [3.8, 4) is 22.6 Å². The second-order valence-electron chi connectivity index (χ2n) is 6.42. The summed E-state index contributed by atoms with van der Waals surface area (Å²) in [6, 6.07) is 11.3. The quantitative estimate of drug-likeness (QED) is 0.330. The molecule has 0 N–H and O–H groups in total. The molecule has 0 saturated carbocycles. The Kier molecular flexibility index (Phi) is 8.04. The van der Waals surface area contributed by atoms with E-state index in [1.165, 1.54) is 0 Å². The van der Waals surface area contributed by atoms with Gasteiger partial charge in [-0.3, -0.25) is 4.18 Å². The maximum atomic E-state index is 11.4. The third-order valence-electron chi connectivity index (χ3n) is 3.96. The van der Waals surface area contributed by atoms with Gasteiger partial charge in [0.05, 0.1) is 12.9 Å². The minimum Gasteiger partial charge on any atom is -0.491 e. The van der Waals surface area contributed by atoms with Crippen LogP contribution in [0.4, 0.5) is 0 Å². The molecule has 2 rings (SSSR count). The van der Waals surface area contributed by atoms with E-state index in [1.807, 2.05) is 38.1 Å². The number of hydrogen-bond donors (Lipinski definition) is 0. The fourth-order valence-corrected chi connectivity index (χ4v) is 3.24. The molecule has 29 heavy (non-hydrogen) atoms. The van der Waals surface area contributed by atoms with E-state index < -0.39 is 16.1 Å². The van der Waals surface area contributed by atoms with Crippen LogP contribution in [0.3, 0.4) is 0 Å². The van der Waals surface area contributed by atoms with Gasteiger partial charge in [-0.2, -0.15) is 8.42 Å². The maximum absolute atomic E-state index is 11.4. The first kappa shape index (κ1) is 22.7. The monoisotopic (exact) mass is 422 g/mol. The SMILES string of the molecule is CCOC(=O)COc1ccc(-c2c(C)cc(OCCOS(C)(=O)=O)cc2C)cc1. The summed E-state index contributed by atoms with van der Waals surface area (Å²) in [5.41, 5.74) is 4.12. The lowest BCUT2D eigenvalue weighted by Gasteiger charge is -2.14. The maximum Gasteiger partial charge on any atom is 0.344 e. The third-order valence-corrected chi connectivity index (χ3v) is 4.56. The highest BCUT2D eigenvalue weighted by molar-refractivity contribution is 7.85. The number of carbonyl (C=O) groups is 1. The van der Waals surface area contributed by atoms with Crippen molar-refractivity contribution in [1.29, 1.82) is 0 Å². The highest BCUT2D eigenvalue weighted by Gasteiger charge is 2.10. The predicted molar refractivity (Wildman–Crippen MR) is 110 cm³/mol. The molecule has 0 unspecified atom stereocenters. The second-order valence-corrected chi connectivity index (χ2v) is 8.07. The van der Waals surface area contributed by atoms with E-state index in [0.29, 0.717) is 18.1 Å². The van der Waals surface area contributed by atoms with E-state index >= 15 is 0 Å². The van der Waals surface area contributed by atoms with Crippen molar-refractivity contribution in [1.82, 2.24) is 0 Å². The largest absolute Gasteiger partial charge is 0.491 e. The van der Waals surface area contributed by atoms with Gasteiger partial charge < -0.3 is 14.2 Å². The van der Waals surface area contributed by atoms with Gasteiger partial charge in [0, 0.05) is 0 Å². The molecule has 0 radical (unpaired) electrons. The normalized spacial score (nSPS) is 11.2. The van der Waals surface area contributed by atoms with Crippen LogP contribution >= 0.6 is 0 Å². The number of esters is 1. The van der Waals surface area contributed by atoms with Crippen molar-refractivity contribution in [2.45, 2.75) is 20.8 Å². The predicted octanol–water partition coefficient (Wildman–Crippen LogP) is 3.27. The fourth-order valence-electron chi connectivity index (χ4n) is 2.87. The van der Waals surface area contributed by atoms with E-state index in [4.69, 9.17) is 14.2 Å². The average molecular weight is 422 g/mol. The van der Waals surface area contributed by atoms with Crippen molar-refractivity contribution in [3.05, 3.63) is 47.5 Å². The van der Waals surface area contributed by atoms with Gasteiger partial charge in [-0.05, 0) is 67.3 Å². The lowest BCUT2D eigenvalue weighted by Crippen LogP contribution is -2.14. The van der Waals surface area contributed by atoms with Crippen molar-refractivity contribution in [2.75, 3.05) is 32.7 Å². The summed E-state index contributed by atoms with van der Waals surface area (Å²) >= 11 is 0. The van der Waals surface area contributed by atoms with Crippen LogP contribution in [0.5, 0.6) is 11.5 Å². The Balaban J connectivity index is 2.03. The van der Waals surface area contributed by atoms with Crippen molar-refractivity contribution in [2.24, 2.45) is 0 Å². The third kappa shape index (κ3) is 7.40. The van der Waals surface area contributed by atoms with Gasteiger partial charge in [-0.1, -0.05) is 12.1 Å². The number of carbonyl (C=O) groups excluding carboxylic acids is 1. The summed E-state index contributed by atoms with van der Waals surface area (Å²) in [6.07, 6.45) is 1.00. The fraction of sp³-hybridized carbons (Fsp3) is 0.381. The van der Waals surface area contributed by atoms with Gasteiger partial charge in [0.25, 0.3) is 10.1 Å². The number of aryl methyl sites for hydroxylation is 2. The molecule has 0 fully saturated rings. The van der Waals surface area contributed by atoms with E-state index in [-0.39, 0.29) is 19.8 Å². The molecule has 0 spiro atoms. The van der Waals surface area contributed by atoms with Crippen LogP contribution in [0, 0.1) is 13.8 Å². The number of benzene rings is 2. The molecular weight excluding hydrogens is 396 g/mol. The minimum atomic E-state index is -3.47. The molecule has 0 heterocycles. The molecule has 7 nitrogen and oxygen atoms in total. The zero-order valence-electron chi connectivity index (χ0n) is 17.1. The number of ether oxygens (including phenoxy) is 3. The summed E-state index contributed by atoms with van der Waals surface area (Å²) in [5, 5.41) is 0. The van der Waals surface area contributed by atoms with Crippen LogP contribution < -0.4 is 9.47 Å². The Morgan fingerprint density at radius 1 is 0.931 bits per heavy atom. The van der Waals surface area contributed by atoms with E-state index in [9.17, 15) is 13.2 Å². The zero-order valence-corrected chi connectivity index (χ0v) is 17.9. The van der Waals surface area contributed by atoms with Gasteiger partial charge in [-0.25, -0.2) is 4.79 Å². The van der Waals surface area contributed by atoms with Gasteiger partial charge in [0.1, 0.15) is 24.7 Å². The Morgan fingerprint density at radius 2 is 1.55 bits per heavy atom. The molecule has 0 amide bonds. The Hall–Kier alpha value is -2.58. The Labute approximate surface area is 171 Å². The summed E-state index contributed by atoms with van der Waals surface area (Å²) in [5.74, 6) is 0.832. The van der Waals surface area contributed by atoms with Crippen molar-refractivity contribution < 1.29 is 31.6 Å². The molecule has 2 aromatic carbocycles. The summed E-state index contributed by atoms with van der Waals surface area (Å²) in [6.45, 7) is 6.01. The first-order chi connectivity index (χ1) is 13.7. The highest BCUT2D eigenvalue weighted by atomic mass is 32.2. The second kappa shape index (κ2) is 10.3. The molecular formula is C21H26O7S. The first-order valence-electron chi connectivity index (χ1n) is 9.17. The van der Waals surface area contributed by atoms with Crippen LogP contribution in [0.2, 0.25) is 0 Å². The van der Waals surface area contributed by atoms with Crippen LogP contribution in [0.1, 0.15) is 18.1 Å². The van der Waals surface area contributed by atoms with Gasteiger partial charge in [-0.15, -0.1) is 0 Å². The standard InChI is InChI=1S/C21H26O7S/c1-5-25-20(22)14-27-18-8-6-17(7-9-18)21-15(2)12-19(13-16(21)3)26-10-11-28-29(4,23)24/h6-9,12-13H,5,10-11,14H2,1-4H3. The lowest BCUT2D eigenvalue weighted by molar-refractivity contribution is -0.145. The average Bonchev–Trinajstić information content (AvgIpc) is 2.63. The van der Waals surface area contributed by atoms with Gasteiger partial charge in [0.15, 0.2) is 6.61 Å². The molecule has 0 atom stereocenters. The molecule has 0 aliphatic carbocycles. The van der Waals surface area contributed by atoms with Crippen LogP contribution in [-0.4, -0.2) is 47.1 Å². The van der Waals surface area contributed by atoms with E-state index in [1.54, 1.807) is 19.1 Å². The van der Waals surface area contributed by atoms with Crippen LogP contribution in [0.15, 0.2) is 36.4 Å². The topological polar surface area (TPSA) is 88.1 Å². The molecule has 0 saturated heterocycles. The van der Waals surface area contributed by atoms with Crippen molar-refractivity contribution in [3.63, 3.8) is 0 Å². The lowest BCUT2D eigenvalue weighted by atomic mass is 9.95. The molecule has 0 aliphatic rings. The van der Waals surface area contributed by atoms with Gasteiger partial charge in [0.2, 0.25) is 0 Å². The minimum absolute atomic E-state index is 0.0358. The molecule has 0 aliphatic heterocycles. The molecule has 158 valence electrons. The molecule has 2 aromatic rings. The summed E-state index contributed by atoms with van der Waals surface area (Å²) < 4.78 is 42.5. The zero-order chi connectivity index (χ0) is 21.4. The number of rotatable bonds is 10. The Bertz CT molecular complexity index is 911. The van der Waals surface area contributed by atoms with Crippen molar-refractivity contribution >= 4 is 16.1 Å². The molecule has 0 aromatic heterocycles. The smallest absolute Gasteiger partial charge is 0.344 e. The molecule has 8 heteroatoms. The summed E-state index contributed by atoms with van der Waals surface area (Å²) in [7, 11) is -3.47. The molecule has 0 bridgehead atoms. The van der Waals surface area contributed by atoms with Crippen LogP contribution in [-0.2, 0) is 23.8 Å². The van der Waals surface area contributed by atoms with E-state index in [0.717, 1.165) is 28.5 Å². The number of hydrogen-bond acceptors (Lipinski definition) is 7. The van der Waals surface area contributed by atoms with E-state index in [2.05, 4.69) is 4.18 Å². The Morgan fingerprint density at radius 3 is 2.10 bits per heavy atom. The van der Waals surface area contributed by atoms with Gasteiger partial charge >= 0.3 is 5.97 Å². The van der Waals surface area contributed by atoms with Crippen LogP contribution in [0.25, 0.3) is 11.1 Å². The first-order valence-corrected chi connectivity index (χ1v) is 11.0. The highest BCUT2D eigenvalue weighted by Crippen LogP contribution is 2.32.